The maximum atomic E-state index is 13.1. The summed E-state index contributed by atoms with van der Waals surface area (Å²) in [5.74, 6) is 0.133. The summed E-state index contributed by atoms with van der Waals surface area (Å²) in [5.41, 5.74) is 2.44. The van der Waals surface area contributed by atoms with Crippen LogP contribution in [0.25, 0.3) is 0 Å². The predicted molar refractivity (Wildman–Crippen MR) is 91.6 cm³/mol. The number of carbonyl (C=O) groups excluding carboxylic acids is 1. The molecule has 0 spiro atoms. The van der Waals surface area contributed by atoms with Crippen molar-refractivity contribution in [2.75, 3.05) is 45.2 Å². The summed E-state index contributed by atoms with van der Waals surface area (Å²) < 4.78 is 5.77. The second kappa shape index (κ2) is 6.89. The zero-order valence-corrected chi connectivity index (χ0v) is 14.4. The van der Waals surface area contributed by atoms with E-state index >= 15 is 0 Å². The Morgan fingerprint density at radius 2 is 2.04 bits per heavy atom. The van der Waals surface area contributed by atoms with Gasteiger partial charge in [0.25, 0.3) is 5.91 Å². The zero-order chi connectivity index (χ0) is 16.4. The van der Waals surface area contributed by atoms with E-state index in [-0.39, 0.29) is 18.1 Å². The summed E-state index contributed by atoms with van der Waals surface area (Å²) in [5, 5.41) is 0. The Morgan fingerprint density at radius 3 is 2.78 bits per heavy atom. The lowest BCUT2D eigenvalue weighted by Gasteiger charge is -2.36. The number of para-hydroxylation sites is 1. The van der Waals surface area contributed by atoms with Crippen LogP contribution in [0.5, 0.6) is 0 Å². The number of carbonyl (C=O) groups is 1. The van der Waals surface area contributed by atoms with Gasteiger partial charge >= 0.3 is 0 Å². The summed E-state index contributed by atoms with van der Waals surface area (Å²) in [6.45, 7) is 5.90. The van der Waals surface area contributed by atoms with E-state index in [0.717, 1.165) is 19.5 Å². The summed E-state index contributed by atoms with van der Waals surface area (Å²) in [6, 6.07) is 8.59. The molecule has 0 bridgehead atoms. The predicted octanol–water partition coefficient (Wildman–Crippen LogP) is 1.57. The number of morpholine rings is 1. The Labute approximate surface area is 138 Å². The average molecular weight is 317 g/mol. The molecule has 2 atom stereocenters. The van der Waals surface area contributed by atoms with Crippen LogP contribution in [0.2, 0.25) is 0 Å². The van der Waals surface area contributed by atoms with Crippen LogP contribution in [0.1, 0.15) is 18.9 Å². The van der Waals surface area contributed by atoms with Crippen LogP contribution in [-0.2, 0) is 16.1 Å². The molecule has 3 rings (SSSR count). The molecular formula is C18H27N3O2. The first-order valence-corrected chi connectivity index (χ1v) is 8.49. The SMILES string of the molecule is CC[C@@H]1CN(C)c2ccccc2CN1C(=O)[C@H]1CN(C)CCO1. The van der Waals surface area contributed by atoms with Crippen LogP contribution in [0.4, 0.5) is 5.69 Å². The van der Waals surface area contributed by atoms with Crippen molar-refractivity contribution in [1.29, 1.82) is 0 Å². The molecule has 5 heteroatoms. The Morgan fingerprint density at radius 1 is 1.26 bits per heavy atom. The van der Waals surface area contributed by atoms with Gasteiger partial charge in [0.05, 0.1) is 6.61 Å². The van der Waals surface area contributed by atoms with Crippen molar-refractivity contribution >= 4 is 11.6 Å². The molecule has 2 aliphatic heterocycles. The van der Waals surface area contributed by atoms with Gasteiger partial charge in [0.2, 0.25) is 0 Å². The number of ether oxygens (including phenoxy) is 1. The first-order valence-electron chi connectivity index (χ1n) is 8.49. The van der Waals surface area contributed by atoms with E-state index in [1.807, 2.05) is 18.0 Å². The molecule has 5 nitrogen and oxygen atoms in total. The Kier molecular flexibility index (Phi) is 4.87. The fraction of sp³-hybridized carbons (Fsp3) is 0.611. The minimum absolute atomic E-state index is 0.133. The third kappa shape index (κ3) is 3.35. The number of hydrogen-bond acceptors (Lipinski definition) is 4. The number of rotatable bonds is 2. The Hall–Kier alpha value is -1.59. The number of benzene rings is 1. The van der Waals surface area contributed by atoms with Gasteiger partial charge in [-0.15, -0.1) is 0 Å². The molecular weight excluding hydrogens is 290 g/mol. The maximum Gasteiger partial charge on any atom is 0.253 e. The molecule has 1 saturated heterocycles. The number of nitrogens with zero attached hydrogens (tertiary/aromatic N) is 3. The van der Waals surface area contributed by atoms with Crippen LogP contribution in [0, 0.1) is 0 Å². The molecule has 2 aliphatic rings. The van der Waals surface area contributed by atoms with Crippen molar-refractivity contribution in [2.24, 2.45) is 0 Å². The van der Waals surface area contributed by atoms with E-state index in [0.29, 0.717) is 19.7 Å². The van der Waals surface area contributed by atoms with Gasteiger partial charge in [0.15, 0.2) is 0 Å². The van der Waals surface area contributed by atoms with Gasteiger partial charge in [-0.25, -0.2) is 0 Å². The lowest BCUT2D eigenvalue weighted by molar-refractivity contribution is -0.151. The van der Waals surface area contributed by atoms with Gasteiger partial charge < -0.3 is 19.4 Å². The fourth-order valence-electron chi connectivity index (χ4n) is 3.56. The van der Waals surface area contributed by atoms with Crippen LogP contribution >= 0.6 is 0 Å². The van der Waals surface area contributed by atoms with Gasteiger partial charge in [0.1, 0.15) is 6.10 Å². The highest BCUT2D eigenvalue weighted by Gasteiger charge is 2.34. The summed E-state index contributed by atoms with van der Waals surface area (Å²) >= 11 is 0. The summed E-state index contributed by atoms with van der Waals surface area (Å²) in [7, 11) is 4.16. The lowest BCUT2D eigenvalue weighted by atomic mass is 10.1. The molecule has 23 heavy (non-hydrogen) atoms. The molecule has 0 aliphatic carbocycles. The minimum Gasteiger partial charge on any atom is -0.372 e. The van der Waals surface area contributed by atoms with E-state index in [4.69, 9.17) is 4.74 Å². The quantitative estimate of drug-likeness (QED) is 0.830. The molecule has 0 radical (unpaired) electrons. The van der Waals surface area contributed by atoms with Crippen molar-refractivity contribution < 1.29 is 9.53 Å². The van der Waals surface area contributed by atoms with Gasteiger partial charge in [-0.05, 0) is 25.1 Å². The van der Waals surface area contributed by atoms with Gasteiger partial charge in [0, 0.05) is 45.0 Å². The minimum atomic E-state index is -0.335. The molecule has 0 unspecified atom stereocenters. The Bertz CT molecular complexity index is 563. The monoisotopic (exact) mass is 317 g/mol. The molecule has 1 amide bonds. The molecule has 126 valence electrons. The number of fused-ring (bicyclic) bond motifs is 1. The van der Waals surface area contributed by atoms with Crippen LogP contribution in [0.15, 0.2) is 24.3 Å². The largest absolute Gasteiger partial charge is 0.372 e. The normalized spacial score (nSPS) is 25.9. The maximum absolute atomic E-state index is 13.1. The first kappa shape index (κ1) is 16.3. The number of amides is 1. The number of anilines is 1. The molecule has 1 fully saturated rings. The third-order valence-corrected chi connectivity index (χ3v) is 4.97. The van der Waals surface area contributed by atoms with Crippen LogP contribution in [-0.4, -0.2) is 68.2 Å². The third-order valence-electron chi connectivity index (χ3n) is 4.97. The van der Waals surface area contributed by atoms with Gasteiger partial charge in [-0.2, -0.15) is 0 Å². The number of likely N-dealkylation sites (N-methyl/N-ethyl adjacent to an activating group) is 2. The molecule has 1 aromatic rings. The second-order valence-corrected chi connectivity index (χ2v) is 6.66. The zero-order valence-electron chi connectivity index (χ0n) is 14.4. The van der Waals surface area contributed by atoms with E-state index in [1.54, 1.807) is 0 Å². The Balaban J connectivity index is 1.85. The van der Waals surface area contributed by atoms with Crippen LogP contribution < -0.4 is 4.90 Å². The van der Waals surface area contributed by atoms with Gasteiger partial charge in [-0.1, -0.05) is 25.1 Å². The topological polar surface area (TPSA) is 36.0 Å². The molecule has 0 saturated carbocycles. The van der Waals surface area contributed by atoms with E-state index in [2.05, 4.69) is 42.0 Å². The van der Waals surface area contributed by atoms with Crippen molar-refractivity contribution in [1.82, 2.24) is 9.80 Å². The van der Waals surface area contributed by atoms with Crippen molar-refractivity contribution in [3.8, 4) is 0 Å². The van der Waals surface area contributed by atoms with Crippen LogP contribution in [0.3, 0.4) is 0 Å². The van der Waals surface area contributed by atoms with Gasteiger partial charge in [-0.3, -0.25) is 4.79 Å². The highest BCUT2D eigenvalue weighted by atomic mass is 16.5. The molecule has 0 N–H and O–H groups in total. The number of hydrogen-bond donors (Lipinski definition) is 0. The molecule has 1 aromatic carbocycles. The lowest BCUT2D eigenvalue weighted by Crippen LogP contribution is -2.53. The fourth-order valence-corrected chi connectivity index (χ4v) is 3.56. The van der Waals surface area contributed by atoms with Crippen molar-refractivity contribution in [3.63, 3.8) is 0 Å². The highest BCUT2D eigenvalue weighted by molar-refractivity contribution is 5.82. The molecule has 2 heterocycles. The van der Waals surface area contributed by atoms with Crippen molar-refractivity contribution in [2.45, 2.75) is 32.0 Å². The highest BCUT2D eigenvalue weighted by Crippen LogP contribution is 2.28. The standard InChI is InChI=1S/C18H27N3O2/c1-4-15-12-20(3)16-8-6-5-7-14(16)11-21(15)18(22)17-13-19(2)9-10-23-17/h5-8,15,17H,4,9-13H2,1-3H3/t15-,17-/m1/s1. The summed E-state index contributed by atoms with van der Waals surface area (Å²) in [4.78, 5) is 19.6. The smallest absolute Gasteiger partial charge is 0.253 e. The summed E-state index contributed by atoms with van der Waals surface area (Å²) in [6.07, 6.45) is 0.616. The first-order chi connectivity index (χ1) is 11.1. The average Bonchev–Trinajstić information content (AvgIpc) is 2.71. The van der Waals surface area contributed by atoms with E-state index in [9.17, 15) is 4.79 Å². The van der Waals surface area contributed by atoms with E-state index in [1.165, 1.54) is 11.3 Å². The van der Waals surface area contributed by atoms with Crippen molar-refractivity contribution in [3.05, 3.63) is 29.8 Å². The molecule has 0 aromatic heterocycles. The van der Waals surface area contributed by atoms with E-state index < -0.39 is 0 Å². The second-order valence-electron chi connectivity index (χ2n) is 6.66.